The molecule has 0 spiro atoms. The van der Waals surface area contributed by atoms with Crippen molar-refractivity contribution in [1.29, 1.82) is 0 Å². The molecule has 0 atom stereocenters. The number of hydrogen-bond donors (Lipinski definition) is 1. The number of sulfonamides is 1. The third-order valence-electron chi connectivity index (χ3n) is 4.78. The summed E-state index contributed by atoms with van der Waals surface area (Å²) in [6, 6.07) is 16.2. The molecule has 7 nitrogen and oxygen atoms in total. The van der Waals surface area contributed by atoms with Crippen LogP contribution in [-0.4, -0.2) is 63.9 Å². The highest BCUT2D eigenvalue weighted by molar-refractivity contribution is 7.89. The van der Waals surface area contributed by atoms with Crippen LogP contribution in [0.3, 0.4) is 0 Å². The quantitative estimate of drug-likeness (QED) is 0.830. The van der Waals surface area contributed by atoms with E-state index in [1.165, 1.54) is 4.31 Å². The van der Waals surface area contributed by atoms with Gasteiger partial charge in [-0.2, -0.15) is 4.31 Å². The van der Waals surface area contributed by atoms with Crippen molar-refractivity contribution in [3.05, 3.63) is 60.2 Å². The fourth-order valence-electron chi connectivity index (χ4n) is 3.11. The molecule has 1 fully saturated rings. The van der Waals surface area contributed by atoms with Gasteiger partial charge in [0, 0.05) is 52.5 Å². The molecule has 150 valence electrons. The van der Waals surface area contributed by atoms with E-state index in [0.717, 1.165) is 11.3 Å². The number of carbonyl (C=O) groups excluding carboxylic acids is 1. The van der Waals surface area contributed by atoms with E-state index in [1.54, 1.807) is 35.2 Å². The van der Waals surface area contributed by atoms with Gasteiger partial charge in [-0.05, 0) is 29.8 Å². The molecule has 2 amide bonds. The molecule has 1 aliphatic heterocycles. The van der Waals surface area contributed by atoms with Gasteiger partial charge in [0.2, 0.25) is 10.0 Å². The Labute approximate surface area is 166 Å². The average Bonchev–Trinajstić information content (AvgIpc) is 2.73. The minimum Gasteiger partial charge on any atom is -0.378 e. The number of nitrogens with zero attached hydrogens (tertiary/aromatic N) is 3. The van der Waals surface area contributed by atoms with E-state index in [-0.39, 0.29) is 10.9 Å². The van der Waals surface area contributed by atoms with E-state index >= 15 is 0 Å². The summed E-state index contributed by atoms with van der Waals surface area (Å²) in [5, 5.41) is 2.92. The lowest BCUT2D eigenvalue weighted by Crippen LogP contribution is -2.52. The molecule has 0 bridgehead atoms. The van der Waals surface area contributed by atoms with Gasteiger partial charge in [-0.3, -0.25) is 0 Å². The Bertz CT molecular complexity index is 908. The minimum absolute atomic E-state index is 0.174. The number of amides is 2. The van der Waals surface area contributed by atoms with Crippen molar-refractivity contribution in [2.24, 2.45) is 0 Å². The van der Waals surface area contributed by atoms with Crippen LogP contribution in [0.1, 0.15) is 5.56 Å². The SMILES string of the molecule is CN(C)c1cccc(CNC(=O)N2CCN(S(=O)(=O)c3ccccc3)CC2)c1. The zero-order chi connectivity index (χ0) is 20.1. The van der Waals surface area contributed by atoms with Gasteiger partial charge in [-0.25, -0.2) is 13.2 Å². The Balaban J connectivity index is 1.53. The monoisotopic (exact) mass is 402 g/mol. The molecule has 0 aliphatic carbocycles. The summed E-state index contributed by atoms with van der Waals surface area (Å²) in [5.74, 6) is 0. The van der Waals surface area contributed by atoms with Crippen LogP contribution in [0.25, 0.3) is 0 Å². The lowest BCUT2D eigenvalue weighted by Gasteiger charge is -2.34. The second-order valence-electron chi connectivity index (χ2n) is 6.93. The van der Waals surface area contributed by atoms with E-state index in [4.69, 9.17) is 0 Å². The average molecular weight is 403 g/mol. The van der Waals surface area contributed by atoms with Crippen LogP contribution in [0.15, 0.2) is 59.5 Å². The summed E-state index contributed by atoms with van der Waals surface area (Å²) in [7, 11) is 0.437. The Morgan fingerprint density at radius 3 is 2.32 bits per heavy atom. The summed E-state index contributed by atoms with van der Waals surface area (Å²) in [6.07, 6.45) is 0. The number of rotatable bonds is 5. The fourth-order valence-corrected chi connectivity index (χ4v) is 4.55. The number of piperazine rings is 1. The second-order valence-corrected chi connectivity index (χ2v) is 8.87. The van der Waals surface area contributed by atoms with Gasteiger partial charge in [-0.15, -0.1) is 0 Å². The molecule has 0 unspecified atom stereocenters. The van der Waals surface area contributed by atoms with Crippen LogP contribution in [-0.2, 0) is 16.6 Å². The first kappa shape index (κ1) is 20.2. The number of urea groups is 1. The van der Waals surface area contributed by atoms with Crippen molar-refractivity contribution in [1.82, 2.24) is 14.5 Å². The van der Waals surface area contributed by atoms with Crippen LogP contribution < -0.4 is 10.2 Å². The van der Waals surface area contributed by atoms with Crippen LogP contribution >= 0.6 is 0 Å². The zero-order valence-electron chi connectivity index (χ0n) is 16.2. The molecule has 2 aromatic rings. The van der Waals surface area contributed by atoms with E-state index in [1.807, 2.05) is 43.3 Å². The largest absolute Gasteiger partial charge is 0.378 e. The Morgan fingerprint density at radius 2 is 1.68 bits per heavy atom. The van der Waals surface area contributed by atoms with E-state index < -0.39 is 10.0 Å². The summed E-state index contributed by atoms with van der Waals surface area (Å²) in [6.45, 7) is 1.76. The van der Waals surface area contributed by atoms with Crippen LogP contribution in [0.4, 0.5) is 10.5 Å². The van der Waals surface area contributed by atoms with E-state index in [9.17, 15) is 13.2 Å². The number of benzene rings is 2. The first-order valence-corrected chi connectivity index (χ1v) is 10.7. The molecule has 3 rings (SSSR count). The van der Waals surface area contributed by atoms with E-state index in [2.05, 4.69) is 5.32 Å². The minimum atomic E-state index is -3.51. The van der Waals surface area contributed by atoms with Crippen LogP contribution in [0, 0.1) is 0 Å². The van der Waals surface area contributed by atoms with Crippen molar-refractivity contribution >= 4 is 21.7 Å². The number of carbonyl (C=O) groups is 1. The van der Waals surface area contributed by atoms with Gasteiger partial charge in [0.05, 0.1) is 4.90 Å². The van der Waals surface area contributed by atoms with Gasteiger partial charge < -0.3 is 15.1 Å². The lowest BCUT2D eigenvalue weighted by molar-refractivity contribution is 0.172. The summed E-state index contributed by atoms with van der Waals surface area (Å²) < 4.78 is 26.8. The van der Waals surface area contributed by atoms with Gasteiger partial charge >= 0.3 is 6.03 Å². The number of hydrogen-bond acceptors (Lipinski definition) is 4. The molecule has 1 aliphatic rings. The van der Waals surface area contributed by atoms with Crippen molar-refractivity contribution in [2.75, 3.05) is 45.2 Å². The van der Waals surface area contributed by atoms with E-state index in [0.29, 0.717) is 32.7 Å². The standard InChI is InChI=1S/C20H26N4O3S/c1-22(2)18-8-6-7-17(15-18)16-21-20(25)23-11-13-24(14-12-23)28(26,27)19-9-4-3-5-10-19/h3-10,15H,11-14,16H2,1-2H3,(H,21,25). The third kappa shape index (κ3) is 4.63. The maximum absolute atomic E-state index is 12.7. The molecule has 0 radical (unpaired) electrons. The Morgan fingerprint density at radius 1 is 1.00 bits per heavy atom. The topological polar surface area (TPSA) is 73.0 Å². The first-order chi connectivity index (χ1) is 13.4. The second kappa shape index (κ2) is 8.62. The molecule has 28 heavy (non-hydrogen) atoms. The van der Waals surface area contributed by atoms with Crippen LogP contribution in [0.5, 0.6) is 0 Å². The predicted octanol–water partition coefficient (Wildman–Crippen LogP) is 1.97. The van der Waals surface area contributed by atoms with Crippen LogP contribution in [0.2, 0.25) is 0 Å². The maximum atomic E-state index is 12.7. The number of nitrogens with one attached hydrogen (secondary N) is 1. The van der Waals surface area contributed by atoms with Gasteiger partial charge in [0.25, 0.3) is 0 Å². The number of anilines is 1. The fraction of sp³-hybridized carbons (Fsp3) is 0.350. The van der Waals surface area contributed by atoms with Gasteiger partial charge in [-0.1, -0.05) is 30.3 Å². The molecule has 0 aromatic heterocycles. The first-order valence-electron chi connectivity index (χ1n) is 9.22. The van der Waals surface area contributed by atoms with Gasteiger partial charge in [0.1, 0.15) is 0 Å². The highest BCUT2D eigenvalue weighted by Crippen LogP contribution is 2.17. The highest BCUT2D eigenvalue weighted by Gasteiger charge is 2.29. The maximum Gasteiger partial charge on any atom is 0.317 e. The summed E-state index contributed by atoms with van der Waals surface area (Å²) in [4.78, 5) is 16.4. The van der Waals surface area contributed by atoms with Crippen molar-refractivity contribution in [3.63, 3.8) is 0 Å². The molecule has 1 saturated heterocycles. The highest BCUT2D eigenvalue weighted by atomic mass is 32.2. The zero-order valence-corrected chi connectivity index (χ0v) is 17.0. The Hall–Kier alpha value is -2.58. The molecule has 2 aromatic carbocycles. The summed E-state index contributed by atoms with van der Waals surface area (Å²) in [5.41, 5.74) is 2.09. The van der Waals surface area contributed by atoms with Crippen molar-refractivity contribution in [3.8, 4) is 0 Å². The predicted molar refractivity (Wildman–Crippen MR) is 110 cm³/mol. The molecular weight excluding hydrogens is 376 g/mol. The lowest BCUT2D eigenvalue weighted by atomic mass is 10.2. The molecule has 1 N–H and O–H groups in total. The smallest absolute Gasteiger partial charge is 0.317 e. The molecule has 1 heterocycles. The normalized spacial score (nSPS) is 15.3. The van der Waals surface area contributed by atoms with Crippen molar-refractivity contribution in [2.45, 2.75) is 11.4 Å². The summed E-state index contributed by atoms with van der Waals surface area (Å²) >= 11 is 0. The molecule has 0 saturated carbocycles. The third-order valence-corrected chi connectivity index (χ3v) is 6.69. The van der Waals surface area contributed by atoms with Crippen molar-refractivity contribution < 1.29 is 13.2 Å². The molecule has 8 heteroatoms. The Kier molecular flexibility index (Phi) is 6.21. The van der Waals surface area contributed by atoms with Gasteiger partial charge in [0.15, 0.2) is 0 Å². The molecular formula is C20H26N4O3S.